The van der Waals surface area contributed by atoms with Gasteiger partial charge in [0.1, 0.15) is 5.82 Å². The van der Waals surface area contributed by atoms with Gasteiger partial charge < -0.3 is 0 Å². The molecule has 0 heterocycles. The summed E-state index contributed by atoms with van der Waals surface area (Å²) >= 11 is 0. The van der Waals surface area contributed by atoms with Crippen molar-refractivity contribution in [2.24, 2.45) is 5.10 Å². The minimum atomic E-state index is -0.370. The van der Waals surface area contributed by atoms with Gasteiger partial charge in [-0.25, -0.2) is 9.82 Å². The molecule has 120 valence electrons. The summed E-state index contributed by atoms with van der Waals surface area (Å²) in [6, 6.07) is 15.6. The van der Waals surface area contributed by atoms with E-state index < -0.39 is 0 Å². The van der Waals surface area contributed by atoms with Gasteiger partial charge in [-0.2, -0.15) is 5.10 Å². The summed E-state index contributed by atoms with van der Waals surface area (Å²) in [4.78, 5) is 12.0. The van der Waals surface area contributed by atoms with Crippen LogP contribution in [0.15, 0.2) is 59.7 Å². The lowest BCUT2D eigenvalue weighted by Gasteiger charge is -2.25. The number of carbonyl (C=O) groups is 1. The summed E-state index contributed by atoms with van der Waals surface area (Å²) in [5.41, 5.74) is 4.87. The number of hydrogen-bond acceptors (Lipinski definition) is 2. The van der Waals surface area contributed by atoms with Crippen LogP contribution >= 0.6 is 0 Å². The van der Waals surface area contributed by atoms with Crippen molar-refractivity contribution in [3.8, 4) is 0 Å². The molecule has 0 aliphatic carbocycles. The van der Waals surface area contributed by atoms with E-state index in [1.54, 1.807) is 0 Å². The summed E-state index contributed by atoms with van der Waals surface area (Å²) in [5.74, 6) is -0.715. The Hall–Kier alpha value is -2.49. The largest absolute Gasteiger partial charge is 0.271 e. The van der Waals surface area contributed by atoms with E-state index in [0.29, 0.717) is 5.56 Å². The van der Waals surface area contributed by atoms with Crippen molar-refractivity contribution >= 4 is 11.6 Å². The van der Waals surface area contributed by atoms with Crippen molar-refractivity contribution in [3.05, 3.63) is 71.5 Å². The molecule has 0 bridgehead atoms. The van der Waals surface area contributed by atoms with Gasteiger partial charge in [0.25, 0.3) is 5.91 Å². The van der Waals surface area contributed by atoms with Crippen molar-refractivity contribution in [2.75, 3.05) is 0 Å². The van der Waals surface area contributed by atoms with E-state index in [1.807, 2.05) is 25.1 Å². The minimum absolute atomic E-state index is 0.0740. The van der Waals surface area contributed by atoms with Crippen LogP contribution in [0, 0.1) is 5.82 Å². The Morgan fingerprint density at radius 3 is 2.30 bits per heavy atom. The molecule has 1 N–H and O–H groups in total. The highest BCUT2D eigenvalue weighted by atomic mass is 19.1. The fourth-order valence-corrected chi connectivity index (χ4v) is 2.48. The van der Waals surface area contributed by atoms with E-state index in [0.717, 1.165) is 12.1 Å². The average molecular weight is 312 g/mol. The molecule has 0 saturated carbocycles. The van der Waals surface area contributed by atoms with Gasteiger partial charge in [-0.15, -0.1) is 0 Å². The third-order valence-corrected chi connectivity index (χ3v) is 3.71. The van der Waals surface area contributed by atoms with E-state index in [-0.39, 0.29) is 17.1 Å². The normalized spacial score (nSPS) is 12.1. The van der Waals surface area contributed by atoms with Crippen molar-refractivity contribution in [3.63, 3.8) is 0 Å². The maximum Gasteiger partial charge on any atom is 0.271 e. The summed E-state index contributed by atoms with van der Waals surface area (Å²) in [5, 5.41) is 4.16. The topological polar surface area (TPSA) is 41.5 Å². The van der Waals surface area contributed by atoms with Crippen molar-refractivity contribution in [2.45, 2.75) is 32.6 Å². The Kier molecular flexibility index (Phi) is 5.27. The van der Waals surface area contributed by atoms with E-state index in [4.69, 9.17) is 0 Å². The number of rotatable bonds is 5. The van der Waals surface area contributed by atoms with Gasteiger partial charge in [0.15, 0.2) is 0 Å². The number of nitrogens with one attached hydrogen (secondary N) is 1. The molecular weight excluding hydrogens is 291 g/mol. The molecular formula is C19H21FN2O. The van der Waals surface area contributed by atoms with Gasteiger partial charge in [0, 0.05) is 11.3 Å². The SMILES string of the molecule is C/C(CC(C)(C)c1ccccc1)=N/NC(=O)c1ccc(F)cc1. The minimum Gasteiger partial charge on any atom is -0.267 e. The Labute approximate surface area is 136 Å². The van der Waals surface area contributed by atoms with E-state index in [9.17, 15) is 9.18 Å². The number of hydrazone groups is 1. The van der Waals surface area contributed by atoms with Crippen LogP contribution in [0.1, 0.15) is 43.1 Å². The van der Waals surface area contributed by atoms with Crippen LogP contribution in [0.4, 0.5) is 4.39 Å². The van der Waals surface area contributed by atoms with E-state index in [1.165, 1.54) is 29.8 Å². The fraction of sp³-hybridized carbons (Fsp3) is 0.263. The van der Waals surface area contributed by atoms with Crippen LogP contribution in [0.3, 0.4) is 0 Å². The Morgan fingerprint density at radius 2 is 1.70 bits per heavy atom. The van der Waals surface area contributed by atoms with Gasteiger partial charge in [0.05, 0.1) is 0 Å². The predicted octanol–water partition coefficient (Wildman–Crippen LogP) is 4.30. The summed E-state index contributed by atoms with van der Waals surface area (Å²) in [7, 11) is 0. The maximum absolute atomic E-state index is 12.9. The second-order valence-electron chi connectivity index (χ2n) is 6.22. The third-order valence-electron chi connectivity index (χ3n) is 3.71. The molecule has 0 saturated heterocycles. The number of nitrogens with zero attached hydrogens (tertiary/aromatic N) is 1. The second kappa shape index (κ2) is 7.18. The van der Waals surface area contributed by atoms with Crippen LogP contribution < -0.4 is 5.43 Å². The zero-order valence-corrected chi connectivity index (χ0v) is 13.6. The maximum atomic E-state index is 12.9. The molecule has 1 amide bonds. The first-order chi connectivity index (χ1) is 10.9. The smallest absolute Gasteiger partial charge is 0.267 e. The molecule has 2 aromatic rings. The number of halogens is 1. The molecule has 0 fully saturated rings. The Morgan fingerprint density at radius 1 is 1.09 bits per heavy atom. The fourth-order valence-electron chi connectivity index (χ4n) is 2.48. The number of amides is 1. The first-order valence-electron chi connectivity index (χ1n) is 7.53. The Bertz CT molecular complexity index is 691. The lowest BCUT2D eigenvalue weighted by molar-refractivity contribution is 0.0954. The van der Waals surface area contributed by atoms with Crippen LogP contribution in [0.5, 0.6) is 0 Å². The molecule has 0 aromatic heterocycles. The van der Waals surface area contributed by atoms with Crippen molar-refractivity contribution in [1.82, 2.24) is 5.43 Å². The number of carbonyl (C=O) groups excluding carboxylic acids is 1. The number of hydrogen-bond donors (Lipinski definition) is 1. The van der Waals surface area contributed by atoms with Crippen LogP contribution in [0.2, 0.25) is 0 Å². The molecule has 2 rings (SSSR count). The molecule has 2 aromatic carbocycles. The molecule has 0 unspecified atom stereocenters. The van der Waals surface area contributed by atoms with Gasteiger partial charge in [0.2, 0.25) is 0 Å². The van der Waals surface area contributed by atoms with Crippen LogP contribution in [0.25, 0.3) is 0 Å². The van der Waals surface area contributed by atoms with E-state index >= 15 is 0 Å². The molecule has 0 aliphatic heterocycles. The second-order valence-corrected chi connectivity index (χ2v) is 6.22. The van der Waals surface area contributed by atoms with Gasteiger partial charge in [-0.3, -0.25) is 4.79 Å². The Balaban J connectivity index is 2.00. The average Bonchev–Trinajstić information content (AvgIpc) is 2.54. The highest BCUT2D eigenvalue weighted by molar-refractivity contribution is 5.95. The van der Waals surface area contributed by atoms with Crippen LogP contribution in [-0.2, 0) is 5.41 Å². The van der Waals surface area contributed by atoms with Crippen LogP contribution in [-0.4, -0.2) is 11.6 Å². The molecule has 23 heavy (non-hydrogen) atoms. The highest BCUT2D eigenvalue weighted by Crippen LogP contribution is 2.27. The quantitative estimate of drug-likeness (QED) is 0.649. The molecule has 0 radical (unpaired) electrons. The summed E-state index contributed by atoms with van der Waals surface area (Å²) in [6.07, 6.45) is 0.723. The zero-order valence-electron chi connectivity index (χ0n) is 13.6. The third kappa shape index (κ3) is 4.74. The molecule has 0 aliphatic rings. The molecule has 4 heteroatoms. The highest BCUT2D eigenvalue weighted by Gasteiger charge is 2.21. The van der Waals surface area contributed by atoms with E-state index in [2.05, 4.69) is 36.5 Å². The summed E-state index contributed by atoms with van der Waals surface area (Å²) in [6.45, 7) is 6.17. The zero-order chi connectivity index (χ0) is 16.9. The molecule has 3 nitrogen and oxygen atoms in total. The monoisotopic (exact) mass is 312 g/mol. The molecule has 0 spiro atoms. The lowest BCUT2D eigenvalue weighted by atomic mass is 9.80. The molecule has 0 atom stereocenters. The van der Waals surface area contributed by atoms with Crippen molar-refractivity contribution < 1.29 is 9.18 Å². The standard InChI is InChI=1S/C19H21FN2O/c1-14(13-19(2,3)16-7-5-4-6-8-16)21-22-18(23)15-9-11-17(20)12-10-15/h4-12H,13H2,1-3H3,(H,22,23)/b21-14-. The first kappa shape index (κ1) is 16.9. The predicted molar refractivity (Wildman–Crippen MR) is 91.1 cm³/mol. The van der Waals surface area contributed by atoms with Crippen molar-refractivity contribution in [1.29, 1.82) is 0 Å². The van der Waals surface area contributed by atoms with Gasteiger partial charge in [-0.05, 0) is 48.6 Å². The van der Waals surface area contributed by atoms with Gasteiger partial charge in [-0.1, -0.05) is 44.2 Å². The number of benzene rings is 2. The van der Waals surface area contributed by atoms with Gasteiger partial charge >= 0.3 is 0 Å². The summed E-state index contributed by atoms with van der Waals surface area (Å²) < 4.78 is 12.9. The lowest BCUT2D eigenvalue weighted by Crippen LogP contribution is -2.24. The first-order valence-corrected chi connectivity index (χ1v) is 7.53.